The number of rotatable bonds is 6. The molecule has 158 valence electrons. The van der Waals surface area contributed by atoms with Crippen LogP contribution in [0.3, 0.4) is 0 Å². The summed E-state index contributed by atoms with van der Waals surface area (Å²) in [6.07, 6.45) is 3.36. The smallest absolute Gasteiger partial charge is 0.249 e. The number of thioether (sulfide) groups is 1. The molecular formula is C26H21N3O2S. The predicted molar refractivity (Wildman–Crippen MR) is 129 cm³/mol. The lowest BCUT2D eigenvalue weighted by molar-refractivity contribution is -0.111. The van der Waals surface area contributed by atoms with Gasteiger partial charge in [0.05, 0.1) is 11.4 Å². The summed E-state index contributed by atoms with van der Waals surface area (Å²) < 4.78 is 7.70. The molecular weight excluding hydrogens is 418 g/mol. The van der Waals surface area contributed by atoms with Crippen molar-refractivity contribution >= 4 is 29.6 Å². The van der Waals surface area contributed by atoms with Crippen LogP contribution < -0.4 is 10.1 Å². The second kappa shape index (κ2) is 9.16. The quantitative estimate of drug-likeness (QED) is 0.371. The zero-order valence-electron chi connectivity index (χ0n) is 17.3. The minimum absolute atomic E-state index is 0.182. The summed E-state index contributed by atoms with van der Waals surface area (Å²) >= 11 is 1.80. The van der Waals surface area contributed by atoms with Crippen molar-refractivity contribution in [2.45, 2.75) is 11.5 Å². The van der Waals surface area contributed by atoms with Crippen LogP contribution in [-0.2, 0) is 16.3 Å². The molecule has 32 heavy (non-hydrogen) atoms. The van der Waals surface area contributed by atoms with Crippen LogP contribution in [0, 0.1) is 0 Å². The van der Waals surface area contributed by atoms with Crippen molar-refractivity contribution < 1.29 is 9.53 Å². The summed E-state index contributed by atoms with van der Waals surface area (Å²) in [4.78, 5) is 12.7. The Balaban J connectivity index is 1.38. The summed E-state index contributed by atoms with van der Waals surface area (Å²) in [5.74, 6) is 3.76. The van der Waals surface area contributed by atoms with Crippen molar-refractivity contribution in [1.82, 2.24) is 9.78 Å². The Morgan fingerprint density at radius 1 is 0.906 bits per heavy atom. The molecule has 0 spiro atoms. The molecule has 1 aliphatic rings. The standard InChI is InChI=1S/C26H21N3O2S/c30-25(16-11-19-7-3-1-4-8-19)27-26-23-17-32-18-24(23)28-29(26)20-12-14-22(15-13-20)31-21-9-5-2-6-10-21/h1-16H,17-18H2,(H,27,30). The lowest BCUT2D eigenvalue weighted by Gasteiger charge is -2.11. The number of nitrogens with one attached hydrogen (secondary N) is 1. The van der Waals surface area contributed by atoms with Crippen molar-refractivity contribution in [3.63, 3.8) is 0 Å². The van der Waals surface area contributed by atoms with E-state index in [4.69, 9.17) is 9.84 Å². The first-order valence-corrected chi connectivity index (χ1v) is 11.5. The van der Waals surface area contributed by atoms with Crippen LogP contribution in [0.2, 0.25) is 0 Å². The van der Waals surface area contributed by atoms with E-state index in [0.717, 1.165) is 51.3 Å². The number of carbonyl (C=O) groups excluding carboxylic acids is 1. The molecule has 4 aromatic rings. The molecule has 1 aromatic heterocycles. The fourth-order valence-corrected chi connectivity index (χ4v) is 4.54. The summed E-state index contributed by atoms with van der Waals surface area (Å²) in [7, 11) is 0. The number of para-hydroxylation sites is 1. The third-order valence-corrected chi connectivity index (χ3v) is 6.05. The SMILES string of the molecule is O=C(C=Cc1ccccc1)Nc1c2c(nn1-c1ccc(Oc3ccccc3)cc1)CSC2. The van der Waals surface area contributed by atoms with Gasteiger partial charge in [-0.05, 0) is 48.0 Å². The first kappa shape index (κ1) is 20.2. The average molecular weight is 440 g/mol. The first-order chi connectivity index (χ1) is 15.8. The van der Waals surface area contributed by atoms with Crippen molar-refractivity contribution in [1.29, 1.82) is 0 Å². The maximum Gasteiger partial charge on any atom is 0.249 e. The van der Waals surface area contributed by atoms with E-state index in [1.807, 2.05) is 89.6 Å². The number of ether oxygens (including phenoxy) is 1. The number of anilines is 1. The molecule has 1 aliphatic heterocycles. The van der Waals surface area contributed by atoms with E-state index in [0.29, 0.717) is 0 Å². The van der Waals surface area contributed by atoms with E-state index in [1.165, 1.54) is 0 Å². The Morgan fingerprint density at radius 3 is 2.34 bits per heavy atom. The molecule has 3 aromatic carbocycles. The van der Waals surface area contributed by atoms with Gasteiger partial charge < -0.3 is 10.1 Å². The molecule has 0 radical (unpaired) electrons. The maximum atomic E-state index is 12.7. The van der Waals surface area contributed by atoms with Gasteiger partial charge in [0.1, 0.15) is 17.3 Å². The Morgan fingerprint density at radius 2 is 1.59 bits per heavy atom. The van der Waals surface area contributed by atoms with Crippen LogP contribution in [0.5, 0.6) is 11.5 Å². The van der Waals surface area contributed by atoms with Gasteiger partial charge in [0.25, 0.3) is 0 Å². The Hall–Kier alpha value is -3.77. The number of nitrogens with zero attached hydrogens (tertiary/aromatic N) is 2. The Kier molecular flexibility index (Phi) is 5.77. The topological polar surface area (TPSA) is 56.2 Å². The molecule has 0 unspecified atom stereocenters. The van der Waals surface area contributed by atoms with E-state index in [9.17, 15) is 4.79 Å². The van der Waals surface area contributed by atoms with Crippen LogP contribution >= 0.6 is 11.8 Å². The Labute approximate surface area is 190 Å². The highest BCUT2D eigenvalue weighted by atomic mass is 32.2. The summed E-state index contributed by atoms with van der Waals surface area (Å²) in [6, 6.07) is 27.1. The van der Waals surface area contributed by atoms with Gasteiger partial charge in [-0.15, -0.1) is 0 Å². The van der Waals surface area contributed by atoms with Gasteiger partial charge in [0, 0.05) is 23.1 Å². The first-order valence-electron chi connectivity index (χ1n) is 10.3. The molecule has 6 heteroatoms. The highest BCUT2D eigenvalue weighted by Crippen LogP contribution is 2.36. The van der Waals surface area contributed by atoms with Crippen LogP contribution in [0.1, 0.15) is 16.8 Å². The highest BCUT2D eigenvalue weighted by Gasteiger charge is 2.24. The van der Waals surface area contributed by atoms with E-state index in [1.54, 1.807) is 23.9 Å². The number of aromatic nitrogens is 2. The third kappa shape index (κ3) is 4.45. The van der Waals surface area contributed by atoms with Gasteiger partial charge in [-0.2, -0.15) is 16.9 Å². The van der Waals surface area contributed by atoms with E-state index in [2.05, 4.69) is 5.32 Å². The van der Waals surface area contributed by atoms with E-state index < -0.39 is 0 Å². The molecule has 0 saturated heterocycles. The molecule has 0 aliphatic carbocycles. The number of fused-ring (bicyclic) bond motifs is 1. The van der Waals surface area contributed by atoms with Gasteiger partial charge in [-0.3, -0.25) is 4.79 Å². The summed E-state index contributed by atoms with van der Waals surface area (Å²) in [5.41, 5.74) is 3.95. The predicted octanol–water partition coefficient (Wildman–Crippen LogP) is 6.06. The van der Waals surface area contributed by atoms with E-state index in [-0.39, 0.29) is 5.91 Å². The summed E-state index contributed by atoms with van der Waals surface area (Å²) in [6.45, 7) is 0. The average Bonchev–Trinajstić information content (AvgIpc) is 3.42. The molecule has 1 amide bonds. The number of benzene rings is 3. The second-order valence-corrected chi connectivity index (χ2v) is 8.31. The fraction of sp³-hybridized carbons (Fsp3) is 0.0769. The molecule has 0 atom stereocenters. The largest absolute Gasteiger partial charge is 0.457 e. The monoisotopic (exact) mass is 439 g/mol. The molecule has 1 N–H and O–H groups in total. The number of hydrogen-bond donors (Lipinski definition) is 1. The lowest BCUT2D eigenvalue weighted by atomic mass is 10.2. The van der Waals surface area contributed by atoms with Gasteiger partial charge in [-0.25, -0.2) is 4.68 Å². The van der Waals surface area contributed by atoms with Crippen molar-refractivity contribution in [3.8, 4) is 17.2 Å². The fourth-order valence-electron chi connectivity index (χ4n) is 3.50. The number of hydrogen-bond acceptors (Lipinski definition) is 4. The molecule has 5 rings (SSSR count). The summed E-state index contributed by atoms with van der Waals surface area (Å²) in [5, 5.41) is 7.81. The van der Waals surface area contributed by atoms with Gasteiger partial charge in [-0.1, -0.05) is 48.5 Å². The molecule has 0 fully saturated rings. The van der Waals surface area contributed by atoms with Crippen molar-refractivity contribution in [3.05, 3.63) is 108 Å². The molecule has 2 heterocycles. The number of amides is 1. The highest BCUT2D eigenvalue weighted by molar-refractivity contribution is 7.98. The zero-order valence-corrected chi connectivity index (χ0v) is 18.1. The zero-order chi connectivity index (χ0) is 21.8. The molecule has 0 saturated carbocycles. The van der Waals surface area contributed by atoms with Crippen LogP contribution in [-0.4, -0.2) is 15.7 Å². The Bertz CT molecular complexity index is 1250. The van der Waals surface area contributed by atoms with E-state index >= 15 is 0 Å². The maximum absolute atomic E-state index is 12.7. The minimum atomic E-state index is -0.182. The van der Waals surface area contributed by atoms with Crippen LogP contribution in [0.4, 0.5) is 5.82 Å². The lowest BCUT2D eigenvalue weighted by Crippen LogP contribution is -2.13. The molecule has 0 bridgehead atoms. The van der Waals surface area contributed by atoms with Crippen molar-refractivity contribution in [2.75, 3.05) is 5.32 Å². The van der Waals surface area contributed by atoms with Gasteiger partial charge in [0.2, 0.25) is 5.91 Å². The minimum Gasteiger partial charge on any atom is -0.457 e. The number of carbonyl (C=O) groups is 1. The van der Waals surface area contributed by atoms with Gasteiger partial charge >= 0.3 is 0 Å². The van der Waals surface area contributed by atoms with Crippen LogP contribution in [0.25, 0.3) is 11.8 Å². The second-order valence-electron chi connectivity index (χ2n) is 7.32. The van der Waals surface area contributed by atoms with Gasteiger partial charge in [0.15, 0.2) is 0 Å². The normalized spacial score (nSPS) is 12.6. The van der Waals surface area contributed by atoms with Crippen molar-refractivity contribution in [2.24, 2.45) is 0 Å². The van der Waals surface area contributed by atoms with Crippen LogP contribution in [0.15, 0.2) is 91.0 Å². The third-order valence-electron chi connectivity index (χ3n) is 5.08. The molecule has 5 nitrogen and oxygen atoms in total.